The van der Waals surface area contributed by atoms with E-state index in [2.05, 4.69) is 46.8 Å². The Balaban J connectivity index is 1.77. The van der Waals surface area contributed by atoms with Crippen molar-refractivity contribution < 1.29 is 14.4 Å². The molecule has 3 nitrogen and oxygen atoms in total. The fourth-order valence-corrected chi connectivity index (χ4v) is 9.42. The normalized spacial score (nSPS) is 36.4. The maximum atomic E-state index is 14.7. The van der Waals surface area contributed by atoms with Crippen LogP contribution in [0, 0.1) is 29.1 Å². The van der Waals surface area contributed by atoms with Gasteiger partial charge in [0.2, 0.25) is 0 Å². The molecule has 0 saturated heterocycles. The molecule has 1 aromatic rings. The second-order valence-corrected chi connectivity index (χ2v) is 13.4. The first kappa shape index (κ1) is 26.3. The molecule has 0 bridgehead atoms. The molecule has 37 heavy (non-hydrogen) atoms. The van der Waals surface area contributed by atoms with Crippen molar-refractivity contribution in [1.82, 2.24) is 0 Å². The SMILES string of the molecule is CC(=O)C1=C(C)CC2(C)C(C)C3(C)C(=C(C)C2(C)C1=O)C(=O)c1c(ccc(C2CCCCC2)c1C)C3C. The van der Waals surface area contributed by atoms with Crippen molar-refractivity contribution in [1.29, 1.82) is 0 Å². The summed E-state index contributed by atoms with van der Waals surface area (Å²) in [4.78, 5) is 41.5. The Hall–Kier alpha value is -2.29. The third kappa shape index (κ3) is 3.09. The van der Waals surface area contributed by atoms with Crippen LogP contribution in [0.1, 0.15) is 133 Å². The van der Waals surface area contributed by atoms with Crippen LogP contribution in [0.15, 0.2) is 34.4 Å². The first-order chi connectivity index (χ1) is 17.2. The topological polar surface area (TPSA) is 51.2 Å². The molecule has 0 aromatic heterocycles. The molecule has 0 heterocycles. The third-order valence-corrected chi connectivity index (χ3v) is 12.2. The summed E-state index contributed by atoms with van der Waals surface area (Å²) in [5.41, 5.74) is 5.82. The molecule has 3 heteroatoms. The summed E-state index contributed by atoms with van der Waals surface area (Å²) in [6, 6.07) is 4.56. The van der Waals surface area contributed by atoms with Crippen LogP contribution in [0.3, 0.4) is 0 Å². The molecule has 5 rings (SSSR count). The van der Waals surface area contributed by atoms with E-state index in [1.54, 1.807) is 0 Å². The van der Waals surface area contributed by atoms with E-state index in [1.165, 1.54) is 50.2 Å². The van der Waals surface area contributed by atoms with Crippen LogP contribution < -0.4 is 0 Å². The van der Waals surface area contributed by atoms with Crippen molar-refractivity contribution in [3.05, 3.63) is 56.7 Å². The Bertz CT molecular complexity index is 1300. The van der Waals surface area contributed by atoms with Crippen molar-refractivity contribution in [2.24, 2.45) is 22.2 Å². The average molecular weight is 501 g/mol. The lowest BCUT2D eigenvalue weighted by Gasteiger charge is -2.64. The number of allylic oxidation sites excluding steroid dienone is 4. The second kappa shape index (κ2) is 8.35. The average Bonchev–Trinajstić information content (AvgIpc) is 2.84. The standard InChI is InChI=1S/C34H44O3/c1-18-17-32(7)23(6)33(8)20(3)26-16-15-25(24-13-11-10-12-14-24)19(2)28(26)30(36)29(33)21(4)34(32,9)31(37)27(18)22(5)35/h15-16,20,23-24H,10-14,17H2,1-9H3. The number of benzene rings is 1. The van der Waals surface area contributed by atoms with Gasteiger partial charge < -0.3 is 0 Å². The van der Waals surface area contributed by atoms with Gasteiger partial charge >= 0.3 is 0 Å². The molecule has 5 atom stereocenters. The van der Waals surface area contributed by atoms with Crippen LogP contribution in [0.4, 0.5) is 0 Å². The van der Waals surface area contributed by atoms with Crippen molar-refractivity contribution in [2.75, 3.05) is 0 Å². The van der Waals surface area contributed by atoms with E-state index < -0.39 is 16.2 Å². The predicted molar refractivity (Wildman–Crippen MR) is 149 cm³/mol. The van der Waals surface area contributed by atoms with Gasteiger partial charge in [0.1, 0.15) is 0 Å². The van der Waals surface area contributed by atoms with Crippen LogP contribution in [-0.4, -0.2) is 17.3 Å². The number of rotatable bonds is 2. The van der Waals surface area contributed by atoms with Gasteiger partial charge in [0, 0.05) is 16.6 Å². The first-order valence-corrected chi connectivity index (χ1v) is 14.4. The molecule has 0 amide bonds. The van der Waals surface area contributed by atoms with Gasteiger partial charge in [-0.05, 0) is 93.7 Å². The number of fused-ring (bicyclic) bond motifs is 3. The molecule has 1 saturated carbocycles. The van der Waals surface area contributed by atoms with Crippen LogP contribution in [0.5, 0.6) is 0 Å². The summed E-state index contributed by atoms with van der Waals surface area (Å²) in [6.45, 7) is 18.7. The molecule has 1 aromatic carbocycles. The van der Waals surface area contributed by atoms with E-state index in [-0.39, 0.29) is 29.2 Å². The largest absolute Gasteiger partial charge is 0.294 e. The Kier molecular flexibility index (Phi) is 5.94. The molecular formula is C34H44O3. The zero-order chi connectivity index (χ0) is 27.2. The summed E-state index contributed by atoms with van der Waals surface area (Å²) in [6.07, 6.45) is 6.92. The summed E-state index contributed by atoms with van der Waals surface area (Å²) in [7, 11) is 0. The molecular weight excluding hydrogens is 456 g/mol. The van der Waals surface area contributed by atoms with E-state index in [0.29, 0.717) is 17.9 Å². The van der Waals surface area contributed by atoms with Gasteiger partial charge in [-0.2, -0.15) is 0 Å². The third-order valence-electron chi connectivity index (χ3n) is 12.2. The summed E-state index contributed by atoms with van der Waals surface area (Å²) >= 11 is 0. The summed E-state index contributed by atoms with van der Waals surface area (Å²) < 4.78 is 0. The first-order valence-electron chi connectivity index (χ1n) is 14.4. The van der Waals surface area contributed by atoms with Gasteiger partial charge in [-0.3, -0.25) is 14.4 Å². The second-order valence-electron chi connectivity index (χ2n) is 13.4. The molecule has 0 aliphatic heterocycles. The molecule has 5 unspecified atom stereocenters. The number of hydrogen-bond donors (Lipinski definition) is 0. The highest BCUT2D eigenvalue weighted by Crippen LogP contribution is 2.71. The molecule has 0 N–H and O–H groups in total. The van der Waals surface area contributed by atoms with Crippen LogP contribution >= 0.6 is 0 Å². The van der Waals surface area contributed by atoms with E-state index in [1.807, 2.05) is 20.8 Å². The lowest BCUT2D eigenvalue weighted by molar-refractivity contribution is -0.139. The quantitative estimate of drug-likeness (QED) is 0.385. The van der Waals surface area contributed by atoms with Gasteiger partial charge in [0.15, 0.2) is 17.3 Å². The minimum atomic E-state index is -0.885. The smallest absolute Gasteiger partial charge is 0.190 e. The van der Waals surface area contributed by atoms with Gasteiger partial charge in [-0.1, -0.05) is 70.2 Å². The number of hydrogen-bond acceptors (Lipinski definition) is 3. The molecule has 0 spiro atoms. The molecule has 4 aliphatic rings. The van der Waals surface area contributed by atoms with E-state index >= 15 is 0 Å². The van der Waals surface area contributed by atoms with Crippen LogP contribution in [0.25, 0.3) is 0 Å². The fourth-order valence-electron chi connectivity index (χ4n) is 9.42. The zero-order valence-corrected chi connectivity index (χ0v) is 24.4. The van der Waals surface area contributed by atoms with Gasteiger partial charge in [-0.25, -0.2) is 0 Å². The van der Waals surface area contributed by atoms with E-state index in [0.717, 1.165) is 27.8 Å². The fraction of sp³-hybridized carbons (Fsp3) is 0.618. The van der Waals surface area contributed by atoms with Gasteiger partial charge in [0.05, 0.1) is 11.0 Å². The van der Waals surface area contributed by atoms with Crippen molar-refractivity contribution >= 4 is 17.3 Å². The summed E-state index contributed by atoms with van der Waals surface area (Å²) in [5.74, 6) is 0.607. The van der Waals surface area contributed by atoms with Crippen LogP contribution in [-0.2, 0) is 9.59 Å². The monoisotopic (exact) mass is 500 g/mol. The highest BCUT2D eigenvalue weighted by molar-refractivity contribution is 6.24. The van der Waals surface area contributed by atoms with Crippen molar-refractivity contribution in [2.45, 2.75) is 113 Å². The minimum absolute atomic E-state index is 0.0709. The Morgan fingerprint density at radius 3 is 2.11 bits per heavy atom. The maximum absolute atomic E-state index is 14.7. The Morgan fingerprint density at radius 2 is 1.51 bits per heavy atom. The Labute approximate surface area is 223 Å². The maximum Gasteiger partial charge on any atom is 0.190 e. The number of ketones is 3. The lowest BCUT2D eigenvalue weighted by atomic mass is 9.37. The highest BCUT2D eigenvalue weighted by Gasteiger charge is 2.67. The minimum Gasteiger partial charge on any atom is -0.294 e. The molecule has 198 valence electrons. The Morgan fingerprint density at radius 1 is 0.919 bits per heavy atom. The highest BCUT2D eigenvalue weighted by atomic mass is 16.2. The van der Waals surface area contributed by atoms with Crippen LogP contribution in [0.2, 0.25) is 0 Å². The number of carbonyl (C=O) groups excluding carboxylic acids is 3. The zero-order valence-electron chi connectivity index (χ0n) is 24.4. The molecule has 0 radical (unpaired) electrons. The predicted octanol–water partition coefficient (Wildman–Crippen LogP) is 8.21. The number of Topliss-reactive ketones (excluding diaryl/α,β-unsaturated/α-hetero) is 3. The summed E-state index contributed by atoms with van der Waals surface area (Å²) in [5, 5.41) is 0. The van der Waals surface area contributed by atoms with Gasteiger partial charge in [-0.15, -0.1) is 0 Å². The molecule has 1 fully saturated rings. The van der Waals surface area contributed by atoms with Crippen molar-refractivity contribution in [3.63, 3.8) is 0 Å². The van der Waals surface area contributed by atoms with Gasteiger partial charge in [0.25, 0.3) is 0 Å². The lowest BCUT2D eigenvalue weighted by Crippen LogP contribution is -2.62. The number of carbonyl (C=O) groups is 3. The van der Waals surface area contributed by atoms with E-state index in [9.17, 15) is 14.4 Å². The van der Waals surface area contributed by atoms with E-state index in [4.69, 9.17) is 0 Å². The molecule has 4 aliphatic carbocycles. The van der Waals surface area contributed by atoms with Crippen molar-refractivity contribution in [3.8, 4) is 0 Å².